The Morgan fingerprint density at radius 2 is 2.05 bits per heavy atom. The first-order valence-electron chi connectivity index (χ1n) is 6.02. The van der Waals surface area contributed by atoms with Crippen molar-refractivity contribution in [1.82, 2.24) is 0 Å². The molecule has 6 heteroatoms. The summed E-state index contributed by atoms with van der Waals surface area (Å²) >= 11 is 0. The molecule has 1 aromatic heterocycles. The van der Waals surface area contributed by atoms with E-state index < -0.39 is 9.84 Å². The summed E-state index contributed by atoms with van der Waals surface area (Å²) in [6, 6.07) is 8.22. The molecule has 0 bridgehead atoms. The fourth-order valence-electron chi connectivity index (χ4n) is 1.94. The summed E-state index contributed by atoms with van der Waals surface area (Å²) in [5.41, 5.74) is 1.19. The average Bonchev–Trinajstić information content (AvgIpc) is 2.75. The number of nitrogens with one attached hydrogen (secondary N) is 1. The number of hydrogen-bond acceptors (Lipinski definition) is 4. The largest absolute Gasteiger partial charge is 0.468 e. The van der Waals surface area contributed by atoms with Gasteiger partial charge in [0.05, 0.1) is 12.0 Å². The predicted octanol–water partition coefficient (Wildman–Crippen LogP) is 2.52. The summed E-state index contributed by atoms with van der Waals surface area (Å²) in [7, 11) is -3.45. The summed E-state index contributed by atoms with van der Waals surface area (Å²) in [4.78, 5) is 11.2. The lowest BCUT2D eigenvalue weighted by Gasteiger charge is -2.06. The molecular weight excluding hydrogens is 278 g/mol. The van der Waals surface area contributed by atoms with Gasteiger partial charge in [-0.2, -0.15) is 0 Å². The number of anilines is 1. The first-order chi connectivity index (χ1) is 9.38. The van der Waals surface area contributed by atoms with Crippen LogP contribution in [0.1, 0.15) is 18.2 Å². The third-order valence-corrected chi connectivity index (χ3v) is 4.56. The van der Waals surface area contributed by atoms with Gasteiger partial charge in [-0.15, -0.1) is 0 Å². The van der Waals surface area contributed by atoms with Gasteiger partial charge in [0.15, 0.2) is 9.84 Å². The zero-order valence-electron chi connectivity index (χ0n) is 11.2. The van der Waals surface area contributed by atoms with Crippen LogP contribution < -0.4 is 5.32 Å². The Hall–Kier alpha value is -2.08. The summed E-state index contributed by atoms with van der Waals surface area (Å²) in [6.45, 7) is 3.01. The normalized spacial score (nSPS) is 11.3. The highest BCUT2D eigenvalue weighted by Gasteiger charge is 2.19. The molecule has 1 aromatic carbocycles. The minimum absolute atomic E-state index is 0.138. The van der Waals surface area contributed by atoms with E-state index in [1.54, 1.807) is 31.2 Å². The van der Waals surface area contributed by atoms with Crippen molar-refractivity contribution in [2.75, 3.05) is 5.32 Å². The van der Waals surface area contributed by atoms with Crippen molar-refractivity contribution in [2.24, 2.45) is 0 Å². The van der Waals surface area contributed by atoms with Crippen LogP contribution in [0, 0.1) is 6.92 Å². The molecule has 0 aliphatic heterocycles. The van der Waals surface area contributed by atoms with Crippen LogP contribution in [0.2, 0.25) is 0 Å². The number of amides is 1. The quantitative estimate of drug-likeness (QED) is 0.939. The Morgan fingerprint density at radius 3 is 2.65 bits per heavy atom. The monoisotopic (exact) mass is 293 g/mol. The number of sulfone groups is 1. The van der Waals surface area contributed by atoms with Crippen LogP contribution in [0.3, 0.4) is 0 Å². The van der Waals surface area contributed by atoms with Crippen molar-refractivity contribution in [3.63, 3.8) is 0 Å². The molecule has 2 rings (SSSR count). The molecule has 0 aliphatic carbocycles. The summed E-state index contributed by atoms with van der Waals surface area (Å²) in [5.74, 6) is 0.0413. The molecule has 0 saturated heterocycles. The number of furan rings is 1. The summed E-state index contributed by atoms with van der Waals surface area (Å²) in [6.07, 6.45) is 1.36. The number of benzene rings is 1. The molecule has 1 heterocycles. The van der Waals surface area contributed by atoms with E-state index in [-0.39, 0.29) is 16.6 Å². The first-order valence-corrected chi connectivity index (χ1v) is 7.67. The maximum atomic E-state index is 12.3. The Bertz CT molecular complexity index is 731. The van der Waals surface area contributed by atoms with Crippen molar-refractivity contribution in [2.45, 2.75) is 24.5 Å². The average molecular weight is 293 g/mol. The highest BCUT2D eigenvalue weighted by molar-refractivity contribution is 7.90. The Morgan fingerprint density at radius 1 is 1.30 bits per heavy atom. The van der Waals surface area contributed by atoms with Crippen LogP contribution in [-0.4, -0.2) is 14.3 Å². The maximum absolute atomic E-state index is 12.3. The fourth-order valence-corrected chi connectivity index (χ4v) is 3.46. The second-order valence-electron chi connectivity index (χ2n) is 4.48. The predicted molar refractivity (Wildman–Crippen MR) is 75.1 cm³/mol. The smallest absolute Gasteiger partial charge is 0.221 e. The van der Waals surface area contributed by atoms with E-state index in [4.69, 9.17) is 4.42 Å². The Labute approximate surface area is 117 Å². The van der Waals surface area contributed by atoms with Crippen molar-refractivity contribution in [3.8, 4) is 0 Å². The molecule has 0 unspecified atom stereocenters. The lowest BCUT2D eigenvalue weighted by Crippen LogP contribution is -2.08. The number of aryl methyl sites for hydroxylation is 1. The van der Waals surface area contributed by atoms with Crippen molar-refractivity contribution < 1.29 is 17.6 Å². The van der Waals surface area contributed by atoms with E-state index >= 15 is 0 Å². The molecule has 0 saturated carbocycles. The third-order valence-electron chi connectivity index (χ3n) is 2.75. The molecule has 106 valence electrons. The highest BCUT2D eigenvalue weighted by atomic mass is 32.2. The molecule has 0 fully saturated rings. The van der Waals surface area contributed by atoms with Gasteiger partial charge in [0.25, 0.3) is 0 Å². The minimum Gasteiger partial charge on any atom is -0.468 e. The van der Waals surface area contributed by atoms with Crippen LogP contribution in [0.15, 0.2) is 45.9 Å². The molecule has 5 nitrogen and oxygen atoms in total. The SMILES string of the molecule is CC(=O)Nc1cccc(CS(=O)(=O)c2ccoc2C)c1. The fraction of sp³-hybridized carbons (Fsp3) is 0.214. The molecule has 0 atom stereocenters. The van der Waals surface area contributed by atoms with Gasteiger partial charge in [0, 0.05) is 12.6 Å². The molecule has 0 spiro atoms. The van der Waals surface area contributed by atoms with Crippen molar-refractivity contribution in [1.29, 1.82) is 0 Å². The van der Waals surface area contributed by atoms with Gasteiger partial charge in [-0.3, -0.25) is 4.79 Å². The minimum atomic E-state index is -3.45. The topological polar surface area (TPSA) is 76.4 Å². The number of hydrogen-bond donors (Lipinski definition) is 1. The molecule has 0 aliphatic rings. The van der Waals surface area contributed by atoms with Gasteiger partial charge < -0.3 is 9.73 Å². The van der Waals surface area contributed by atoms with Crippen molar-refractivity contribution in [3.05, 3.63) is 47.9 Å². The summed E-state index contributed by atoms with van der Waals surface area (Å²) in [5, 5.41) is 2.62. The molecular formula is C14H15NO4S. The number of carbonyl (C=O) groups excluding carboxylic acids is 1. The van der Waals surface area contributed by atoms with E-state index in [9.17, 15) is 13.2 Å². The van der Waals surface area contributed by atoms with E-state index in [0.29, 0.717) is 17.0 Å². The van der Waals surface area contributed by atoms with Gasteiger partial charge in [-0.1, -0.05) is 12.1 Å². The van der Waals surface area contributed by atoms with E-state index in [1.165, 1.54) is 19.3 Å². The van der Waals surface area contributed by atoms with Gasteiger partial charge in [-0.05, 0) is 30.7 Å². The summed E-state index contributed by atoms with van der Waals surface area (Å²) < 4.78 is 29.6. The van der Waals surface area contributed by atoms with Crippen LogP contribution in [0.25, 0.3) is 0 Å². The lowest BCUT2D eigenvalue weighted by molar-refractivity contribution is -0.114. The zero-order valence-corrected chi connectivity index (χ0v) is 12.0. The first kappa shape index (κ1) is 14.3. The maximum Gasteiger partial charge on any atom is 0.221 e. The van der Waals surface area contributed by atoms with Gasteiger partial charge in [0.2, 0.25) is 5.91 Å². The zero-order chi connectivity index (χ0) is 14.8. The van der Waals surface area contributed by atoms with Crippen LogP contribution in [0.5, 0.6) is 0 Å². The second-order valence-corrected chi connectivity index (χ2v) is 6.44. The van der Waals surface area contributed by atoms with E-state index in [0.717, 1.165) is 0 Å². The second kappa shape index (κ2) is 5.50. The number of carbonyl (C=O) groups is 1. The van der Waals surface area contributed by atoms with Crippen molar-refractivity contribution >= 4 is 21.4 Å². The third kappa shape index (κ3) is 3.27. The Balaban J connectivity index is 2.26. The van der Waals surface area contributed by atoms with Gasteiger partial charge in [-0.25, -0.2) is 8.42 Å². The highest BCUT2D eigenvalue weighted by Crippen LogP contribution is 2.22. The number of rotatable bonds is 4. The van der Waals surface area contributed by atoms with Crippen LogP contribution in [0.4, 0.5) is 5.69 Å². The van der Waals surface area contributed by atoms with Gasteiger partial charge >= 0.3 is 0 Å². The molecule has 2 aromatic rings. The van der Waals surface area contributed by atoms with Crippen LogP contribution in [-0.2, 0) is 20.4 Å². The van der Waals surface area contributed by atoms with Gasteiger partial charge in [0.1, 0.15) is 10.7 Å². The Kier molecular flexibility index (Phi) is 3.94. The van der Waals surface area contributed by atoms with E-state index in [1.807, 2.05) is 0 Å². The van der Waals surface area contributed by atoms with E-state index in [2.05, 4.69) is 5.32 Å². The molecule has 1 amide bonds. The lowest BCUT2D eigenvalue weighted by atomic mass is 10.2. The molecule has 0 radical (unpaired) electrons. The standard InChI is InChI=1S/C14H15NO4S/c1-10-14(6-7-19-10)20(17,18)9-12-4-3-5-13(8-12)15-11(2)16/h3-8H,9H2,1-2H3,(H,15,16). The van der Waals surface area contributed by atoms with Crippen LogP contribution >= 0.6 is 0 Å². The molecule has 20 heavy (non-hydrogen) atoms. The molecule has 1 N–H and O–H groups in total.